The Bertz CT molecular complexity index is 452. The standard InChI is InChI=1S/C32H60O2/c1-3-5-7-9-11-13-15-17-18-19-20-22-24-26-28-30-32(33)34-31-29-27-25-23-21-16-14-12-10-8-6-4-2/h11,13,17-18H,3-10,12,14-16,19-31H2,1-2H3/b13-11+,18-17+. The number of ether oxygens (including phenoxy) is 1. The normalized spacial score (nSPS) is 11.7. The SMILES string of the molecule is CCCCC/C=C/C/C=C/CCCCCCCC(=O)OCCCCCCCCCCCCCC. The van der Waals surface area contributed by atoms with E-state index in [2.05, 4.69) is 38.2 Å². The maximum atomic E-state index is 11.8. The molecule has 34 heavy (non-hydrogen) atoms. The van der Waals surface area contributed by atoms with Gasteiger partial charge < -0.3 is 4.74 Å². The second-order valence-electron chi connectivity index (χ2n) is 10.1. The number of rotatable bonds is 27. The van der Waals surface area contributed by atoms with Crippen molar-refractivity contribution >= 4 is 5.97 Å². The lowest BCUT2D eigenvalue weighted by Crippen LogP contribution is -2.05. The van der Waals surface area contributed by atoms with E-state index in [1.165, 1.54) is 122 Å². The van der Waals surface area contributed by atoms with Crippen molar-refractivity contribution in [3.63, 3.8) is 0 Å². The minimum Gasteiger partial charge on any atom is -0.466 e. The zero-order valence-electron chi connectivity index (χ0n) is 23.3. The van der Waals surface area contributed by atoms with Crippen molar-refractivity contribution in [3.05, 3.63) is 24.3 Å². The molecule has 0 atom stereocenters. The lowest BCUT2D eigenvalue weighted by atomic mass is 10.1. The van der Waals surface area contributed by atoms with Gasteiger partial charge in [-0.05, 0) is 44.9 Å². The molecule has 0 aromatic rings. The quantitative estimate of drug-likeness (QED) is 0.0669. The van der Waals surface area contributed by atoms with Gasteiger partial charge in [0.25, 0.3) is 0 Å². The second kappa shape index (κ2) is 30.0. The summed E-state index contributed by atoms with van der Waals surface area (Å²) >= 11 is 0. The number of hydrogen-bond acceptors (Lipinski definition) is 2. The highest BCUT2D eigenvalue weighted by Gasteiger charge is 2.02. The summed E-state index contributed by atoms with van der Waals surface area (Å²) < 4.78 is 5.40. The highest BCUT2D eigenvalue weighted by molar-refractivity contribution is 5.69. The van der Waals surface area contributed by atoms with Crippen LogP contribution in [0.15, 0.2) is 24.3 Å². The molecule has 0 aliphatic heterocycles. The zero-order valence-corrected chi connectivity index (χ0v) is 23.3. The Labute approximate surface area is 214 Å². The second-order valence-corrected chi connectivity index (χ2v) is 10.1. The van der Waals surface area contributed by atoms with Crippen molar-refractivity contribution in [3.8, 4) is 0 Å². The number of carbonyl (C=O) groups is 1. The van der Waals surface area contributed by atoms with Crippen LogP contribution in [0.2, 0.25) is 0 Å². The first kappa shape index (κ1) is 33.0. The summed E-state index contributed by atoms with van der Waals surface area (Å²) in [5.41, 5.74) is 0. The van der Waals surface area contributed by atoms with Gasteiger partial charge in [0.05, 0.1) is 6.61 Å². The monoisotopic (exact) mass is 476 g/mol. The molecule has 0 N–H and O–H groups in total. The summed E-state index contributed by atoms with van der Waals surface area (Å²) in [4.78, 5) is 11.8. The Morgan fingerprint density at radius 3 is 1.47 bits per heavy atom. The average molecular weight is 477 g/mol. The minimum atomic E-state index is 0.00811. The maximum absolute atomic E-state index is 11.8. The Morgan fingerprint density at radius 1 is 0.500 bits per heavy atom. The molecule has 0 unspecified atom stereocenters. The van der Waals surface area contributed by atoms with E-state index in [9.17, 15) is 4.79 Å². The van der Waals surface area contributed by atoms with Crippen LogP contribution in [-0.4, -0.2) is 12.6 Å². The van der Waals surface area contributed by atoms with Gasteiger partial charge in [0.2, 0.25) is 0 Å². The van der Waals surface area contributed by atoms with E-state index in [4.69, 9.17) is 4.74 Å². The van der Waals surface area contributed by atoms with E-state index in [1.54, 1.807) is 0 Å². The molecular formula is C32H60O2. The van der Waals surface area contributed by atoms with Gasteiger partial charge in [-0.25, -0.2) is 0 Å². The lowest BCUT2D eigenvalue weighted by molar-refractivity contribution is -0.143. The van der Waals surface area contributed by atoms with Gasteiger partial charge in [-0.2, -0.15) is 0 Å². The van der Waals surface area contributed by atoms with E-state index in [0.29, 0.717) is 13.0 Å². The van der Waals surface area contributed by atoms with Crippen LogP contribution in [0.1, 0.15) is 168 Å². The molecule has 0 aliphatic carbocycles. The van der Waals surface area contributed by atoms with Crippen molar-refractivity contribution in [2.75, 3.05) is 6.61 Å². The predicted octanol–water partition coefficient (Wildman–Crippen LogP) is 11.0. The molecule has 0 bridgehead atoms. The molecule has 0 aliphatic rings. The summed E-state index contributed by atoms with van der Waals surface area (Å²) in [5, 5.41) is 0. The summed E-state index contributed by atoms with van der Waals surface area (Å²) in [6.45, 7) is 5.15. The first-order chi connectivity index (χ1) is 16.8. The van der Waals surface area contributed by atoms with E-state index < -0.39 is 0 Å². The molecule has 0 heterocycles. The number of allylic oxidation sites excluding steroid dienone is 4. The fraction of sp³-hybridized carbons (Fsp3) is 0.844. The molecule has 0 rings (SSSR count). The third kappa shape index (κ3) is 29.0. The molecular weight excluding hydrogens is 416 g/mol. The largest absolute Gasteiger partial charge is 0.466 e. The summed E-state index contributed by atoms with van der Waals surface area (Å²) in [6, 6.07) is 0. The van der Waals surface area contributed by atoms with Crippen molar-refractivity contribution in [1.82, 2.24) is 0 Å². The van der Waals surface area contributed by atoms with Crippen molar-refractivity contribution in [1.29, 1.82) is 0 Å². The minimum absolute atomic E-state index is 0.00811. The van der Waals surface area contributed by atoms with E-state index in [1.807, 2.05) is 0 Å². The highest BCUT2D eigenvalue weighted by Crippen LogP contribution is 2.12. The molecule has 0 saturated heterocycles. The number of esters is 1. The van der Waals surface area contributed by atoms with Crippen molar-refractivity contribution in [2.45, 2.75) is 168 Å². The summed E-state index contributed by atoms with van der Waals surface area (Å²) in [6.07, 6.45) is 39.3. The van der Waals surface area contributed by atoms with Crippen LogP contribution >= 0.6 is 0 Å². The van der Waals surface area contributed by atoms with Gasteiger partial charge in [0, 0.05) is 6.42 Å². The number of hydrogen-bond donors (Lipinski definition) is 0. The molecule has 0 spiro atoms. The molecule has 0 aromatic heterocycles. The Balaban J connectivity index is 3.23. The molecule has 200 valence electrons. The van der Waals surface area contributed by atoms with Gasteiger partial charge in [-0.3, -0.25) is 4.79 Å². The molecule has 0 aromatic carbocycles. The smallest absolute Gasteiger partial charge is 0.305 e. The first-order valence-corrected chi connectivity index (χ1v) is 15.3. The fourth-order valence-corrected chi connectivity index (χ4v) is 4.28. The average Bonchev–Trinajstić information content (AvgIpc) is 2.84. The summed E-state index contributed by atoms with van der Waals surface area (Å²) in [7, 11) is 0. The molecule has 2 nitrogen and oxygen atoms in total. The molecule has 2 heteroatoms. The predicted molar refractivity (Wildman–Crippen MR) is 151 cm³/mol. The van der Waals surface area contributed by atoms with Crippen LogP contribution in [-0.2, 0) is 9.53 Å². The van der Waals surface area contributed by atoms with E-state index >= 15 is 0 Å². The maximum Gasteiger partial charge on any atom is 0.305 e. The van der Waals surface area contributed by atoms with Gasteiger partial charge in [0.1, 0.15) is 0 Å². The number of carbonyl (C=O) groups excluding carboxylic acids is 1. The van der Waals surface area contributed by atoms with Crippen molar-refractivity contribution < 1.29 is 9.53 Å². The molecule has 0 amide bonds. The van der Waals surface area contributed by atoms with Crippen molar-refractivity contribution in [2.24, 2.45) is 0 Å². The fourth-order valence-electron chi connectivity index (χ4n) is 4.28. The van der Waals surface area contributed by atoms with Gasteiger partial charge in [0.15, 0.2) is 0 Å². The Hall–Kier alpha value is -1.05. The third-order valence-corrected chi connectivity index (χ3v) is 6.59. The van der Waals surface area contributed by atoms with Crippen LogP contribution in [0.3, 0.4) is 0 Å². The Morgan fingerprint density at radius 2 is 0.912 bits per heavy atom. The molecule has 0 saturated carbocycles. The van der Waals surface area contributed by atoms with Crippen LogP contribution in [0, 0.1) is 0 Å². The third-order valence-electron chi connectivity index (χ3n) is 6.59. The van der Waals surface area contributed by atoms with Crippen LogP contribution in [0.4, 0.5) is 0 Å². The van der Waals surface area contributed by atoms with Gasteiger partial charge in [-0.1, -0.05) is 141 Å². The van der Waals surface area contributed by atoms with Crippen LogP contribution in [0.25, 0.3) is 0 Å². The molecule has 0 radical (unpaired) electrons. The Kier molecular flexibility index (Phi) is 29.1. The van der Waals surface area contributed by atoms with Crippen LogP contribution in [0.5, 0.6) is 0 Å². The van der Waals surface area contributed by atoms with Crippen LogP contribution < -0.4 is 0 Å². The van der Waals surface area contributed by atoms with Gasteiger partial charge in [-0.15, -0.1) is 0 Å². The lowest BCUT2D eigenvalue weighted by Gasteiger charge is -2.05. The van der Waals surface area contributed by atoms with E-state index in [0.717, 1.165) is 25.7 Å². The molecule has 0 fully saturated rings. The zero-order chi connectivity index (χ0) is 24.8. The van der Waals surface area contributed by atoms with Gasteiger partial charge >= 0.3 is 5.97 Å². The first-order valence-electron chi connectivity index (χ1n) is 15.3. The number of unbranched alkanes of at least 4 members (excludes halogenated alkanes) is 19. The topological polar surface area (TPSA) is 26.3 Å². The summed E-state index contributed by atoms with van der Waals surface area (Å²) in [5.74, 6) is 0.00811. The van der Waals surface area contributed by atoms with E-state index in [-0.39, 0.29) is 5.97 Å². The highest BCUT2D eigenvalue weighted by atomic mass is 16.5.